The third-order valence-electron chi connectivity index (χ3n) is 6.81. The molecule has 3 aliphatic rings. The standard InChI is InChI=1S/C22H31N3O2/c26-20(11-10-18-7-4-5-14-23-18)24-16-13-22(17-24)12-6-15-25(21(22)27)19-8-2-1-3-9-19/h4-5,7,14,19H,1-3,6,8-13,15-17H2/t22-/m0/s1. The van der Waals surface area contributed by atoms with Crippen LogP contribution in [-0.4, -0.2) is 52.3 Å². The van der Waals surface area contributed by atoms with Crippen LogP contribution in [0.1, 0.15) is 63.5 Å². The van der Waals surface area contributed by atoms with Crippen molar-refractivity contribution in [2.45, 2.75) is 70.3 Å². The number of amides is 2. The number of pyridine rings is 1. The van der Waals surface area contributed by atoms with Crippen LogP contribution in [0.3, 0.4) is 0 Å². The number of hydrogen-bond acceptors (Lipinski definition) is 3. The van der Waals surface area contributed by atoms with Gasteiger partial charge in [0.05, 0.1) is 5.41 Å². The number of piperidine rings is 1. The fraction of sp³-hybridized carbons (Fsp3) is 0.682. The molecule has 2 amide bonds. The van der Waals surface area contributed by atoms with Gasteiger partial charge in [0, 0.05) is 44.0 Å². The third kappa shape index (κ3) is 3.87. The van der Waals surface area contributed by atoms with Crippen molar-refractivity contribution in [2.75, 3.05) is 19.6 Å². The van der Waals surface area contributed by atoms with Crippen molar-refractivity contribution in [3.8, 4) is 0 Å². The molecule has 146 valence electrons. The summed E-state index contributed by atoms with van der Waals surface area (Å²) in [6.45, 7) is 2.26. The predicted molar refractivity (Wildman–Crippen MR) is 104 cm³/mol. The molecule has 2 saturated heterocycles. The topological polar surface area (TPSA) is 53.5 Å². The summed E-state index contributed by atoms with van der Waals surface area (Å²) >= 11 is 0. The van der Waals surface area contributed by atoms with E-state index in [2.05, 4.69) is 9.88 Å². The SMILES string of the molecule is O=C(CCc1ccccn1)N1CC[C@@]2(CCCN(C3CCCCC3)C2=O)C1. The van der Waals surface area contributed by atoms with Gasteiger partial charge in [0.1, 0.15) is 0 Å². The second kappa shape index (κ2) is 7.99. The number of carbonyl (C=O) groups is 2. The van der Waals surface area contributed by atoms with Gasteiger partial charge >= 0.3 is 0 Å². The van der Waals surface area contributed by atoms with E-state index in [1.165, 1.54) is 19.3 Å². The first-order chi connectivity index (χ1) is 13.2. The molecule has 1 aromatic rings. The van der Waals surface area contributed by atoms with Gasteiger partial charge in [-0.25, -0.2) is 0 Å². The Morgan fingerprint density at radius 3 is 2.74 bits per heavy atom. The fourth-order valence-electron chi connectivity index (χ4n) is 5.25. The zero-order valence-corrected chi connectivity index (χ0v) is 16.2. The lowest BCUT2D eigenvalue weighted by molar-refractivity contribution is -0.149. The summed E-state index contributed by atoms with van der Waals surface area (Å²) in [7, 11) is 0. The van der Waals surface area contributed by atoms with E-state index in [4.69, 9.17) is 0 Å². The second-order valence-corrected chi connectivity index (χ2v) is 8.56. The Hall–Kier alpha value is -1.91. The van der Waals surface area contributed by atoms with E-state index in [0.29, 0.717) is 31.3 Å². The zero-order chi connectivity index (χ0) is 18.7. The van der Waals surface area contributed by atoms with Gasteiger partial charge in [-0.15, -0.1) is 0 Å². The van der Waals surface area contributed by atoms with Gasteiger partial charge in [-0.3, -0.25) is 14.6 Å². The molecule has 0 bridgehead atoms. The van der Waals surface area contributed by atoms with Gasteiger partial charge < -0.3 is 9.80 Å². The highest BCUT2D eigenvalue weighted by molar-refractivity contribution is 5.86. The molecule has 0 radical (unpaired) electrons. The monoisotopic (exact) mass is 369 g/mol. The first kappa shape index (κ1) is 18.5. The molecule has 27 heavy (non-hydrogen) atoms. The van der Waals surface area contributed by atoms with Gasteiger partial charge in [-0.2, -0.15) is 0 Å². The van der Waals surface area contributed by atoms with Crippen LogP contribution in [-0.2, 0) is 16.0 Å². The average molecular weight is 370 g/mol. The smallest absolute Gasteiger partial charge is 0.230 e. The van der Waals surface area contributed by atoms with E-state index in [1.54, 1.807) is 6.20 Å². The van der Waals surface area contributed by atoms with E-state index in [0.717, 1.165) is 50.9 Å². The molecule has 1 spiro atoms. The van der Waals surface area contributed by atoms with Gasteiger partial charge in [-0.1, -0.05) is 25.3 Å². The van der Waals surface area contributed by atoms with Gasteiger partial charge in [-0.05, 0) is 50.7 Å². The van der Waals surface area contributed by atoms with Gasteiger partial charge in [0.2, 0.25) is 11.8 Å². The molecule has 0 aromatic carbocycles. The third-order valence-corrected chi connectivity index (χ3v) is 6.81. The first-order valence-corrected chi connectivity index (χ1v) is 10.7. The zero-order valence-electron chi connectivity index (χ0n) is 16.2. The molecule has 1 aromatic heterocycles. The number of hydrogen-bond donors (Lipinski definition) is 0. The summed E-state index contributed by atoms with van der Waals surface area (Å²) < 4.78 is 0. The molecule has 5 heteroatoms. The number of aromatic nitrogens is 1. The largest absolute Gasteiger partial charge is 0.342 e. The van der Waals surface area contributed by atoms with Crippen molar-refractivity contribution in [3.05, 3.63) is 30.1 Å². The minimum Gasteiger partial charge on any atom is -0.342 e. The van der Waals surface area contributed by atoms with Crippen molar-refractivity contribution >= 4 is 11.8 Å². The maximum Gasteiger partial charge on any atom is 0.230 e. The highest BCUT2D eigenvalue weighted by Gasteiger charge is 2.50. The molecule has 0 unspecified atom stereocenters. The summed E-state index contributed by atoms with van der Waals surface area (Å²) in [5.41, 5.74) is 0.646. The molecule has 1 aliphatic carbocycles. The first-order valence-electron chi connectivity index (χ1n) is 10.7. The highest BCUT2D eigenvalue weighted by Crippen LogP contribution is 2.42. The Labute approximate surface area is 162 Å². The van der Waals surface area contributed by atoms with Crippen molar-refractivity contribution in [1.82, 2.24) is 14.8 Å². The van der Waals surface area contributed by atoms with Crippen LogP contribution >= 0.6 is 0 Å². The van der Waals surface area contributed by atoms with Gasteiger partial charge in [0.15, 0.2) is 0 Å². The number of nitrogens with zero attached hydrogens (tertiary/aromatic N) is 3. The van der Waals surface area contributed by atoms with Crippen LogP contribution in [0.2, 0.25) is 0 Å². The summed E-state index contributed by atoms with van der Waals surface area (Å²) in [5.74, 6) is 0.501. The van der Waals surface area contributed by atoms with Crippen LogP contribution in [0.4, 0.5) is 0 Å². The van der Waals surface area contributed by atoms with Crippen molar-refractivity contribution in [2.24, 2.45) is 5.41 Å². The van der Waals surface area contributed by atoms with Crippen molar-refractivity contribution < 1.29 is 9.59 Å². The summed E-state index contributed by atoms with van der Waals surface area (Å²) in [5, 5.41) is 0. The molecular weight excluding hydrogens is 338 g/mol. The number of carbonyl (C=O) groups excluding carboxylic acids is 2. The fourth-order valence-corrected chi connectivity index (χ4v) is 5.25. The van der Waals surface area contributed by atoms with E-state index < -0.39 is 0 Å². The number of likely N-dealkylation sites (tertiary alicyclic amines) is 2. The maximum atomic E-state index is 13.4. The lowest BCUT2D eigenvalue weighted by atomic mass is 9.77. The Bertz CT molecular complexity index is 671. The molecule has 1 saturated carbocycles. The summed E-state index contributed by atoms with van der Waals surface area (Å²) in [6.07, 6.45) is 11.9. The highest BCUT2D eigenvalue weighted by atomic mass is 16.2. The van der Waals surface area contributed by atoms with Crippen LogP contribution in [0.15, 0.2) is 24.4 Å². The number of aryl methyl sites for hydroxylation is 1. The molecule has 5 nitrogen and oxygen atoms in total. The Balaban J connectivity index is 1.36. The predicted octanol–water partition coefficient (Wildman–Crippen LogP) is 3.19. The van der Waals surface area contributed by atoms with Crippen molar-refractivity contribution in [1.29, 1.82) is 0 Å². The quantitative estimate of drug-likeness (QED) is 0.819. The van der Waals surface area contributed by atoms with Crippen LogP contribution < -0.4 is 0 Å². The molecule has 3 heterocycles. The van der Waals surface area contributed by atoms with Crippen LogP contribution in [0, 0.1) is 5.41 Å². The lowest BCUT2D eigenvalue weighted by Gasteiger charge is -2.44. The van der Waals surface area contributed by atoms with E-state index in [9.17, 15) is 9.59 Å². The normalized spacial score (nSPS) is 26.7. The summed E-state index contributed by atoms with van der Waals surface area (Å²) in [6, 6.07) is 6.25. The average Bonchev–Trinajstić information content (AvgIpc) is 3.15. The summed E-state index contributed by atoms with van der Waals surface area (Å²) in [4.78, 5) is 34.5. The van der Waals surface area contributed by atoms with E-state index >= 15 is 0 Å². The number of rotatable bonds is 4. The molecule has 2 aliphatic heterocycles. The van der Waals surface area contributed by atoms with Crippen LogP contribution in [0.25, 0.3) is 0 Å². The lowest BCUT2D eigenvalue weighted by Crippen LogP contribution is -2.54. The van der Waals surface area contributed by atoms with E-state index in [1.807, 2.05) is 23.1 Å². The Morgan fingerprint density at radius 1 is 1.11 bits per heavy atom. The minimum atomic E-state index is -0.309. The van der Waals surface area contributed by atoms with Crippen LogP contribution in [0.5, 0.6) is 0 Å². The maximum absolute atomic E-state index is 13.4. The molecular formula is C22H31N3O2. The van der Waals surface area contributed by atoms with Gasteiger partial charge in [0.25, 0.3) is 0 Å². The van der Waals surface area contributed by atoms with E-state index in [-0.39, 0.29) is 11.3 Å². The molecule has 4 rings (SSSR count). The van der Waals surface area contributed by atoms with Crippen molar-refractivity contribution in [3.63, 3.8) is 0 Å². The molecule has 1 atom stereocenters. The molecule has 3 fully saturated rings. The minimum absolute atomic E-state index is 0.167. The molecule has 0 N–H and O–H groups in total. The Morgan fingerprint density at radius 2 is 1.96 bits per heavy atom. The Kier molecular flexibility index (Phi) is 5.46. The second-order valence-electron chi connectivity index (χ2n) is 8.56.